The summed E-state index contributed by atoms with van der Waals surface area (Å²) in [4.78, 5) is 10.9. The SMILES string of the molecule is CN(C(N)=NCc1ccc(OC2CCCC2)nc1)C1CC1.I. The second kappa shape index (κ2) is 7.99. The number of halogens is 1. The van der Waals surface area contributed by atoms with Crippen molar-refractivity contribution >= 4 is 29.9 Å². The van der Waals surface area contributed by atoms with Crippen LogP contribution in [0.2, 0.25) is 0 Å². The number of nitrogens with zero attached hydrogens (tertiary/aromatic N) is 3. The lowest BCUT2D eigenvalue weighted by atomic mass is 10.3. The molecular formula is C16H25IN4O. The number of nitrogens with two attached hydrogens (primary N) is 1. The van der Waals surface area contributed by atoms with E-state index in [-0.39, 0.29) is 24.0 Å². The van der Waals surface area contributed by atoms with Gasteiger partial charge >= 0.3 is 0 Å². The highest BCUT2D eigenvalue weighted by Gasteiger charge is 2.27. The predicted molar refractivity (Wildman–Crippen MR) is 98.6 cm³/mol. The lowest BCUT2D eigenvalue weighted by Crippen LogP contribution is -2.35. The minimum atomic E-state index is 0. The quantitative estimate of drug-likeness (QED) is 0.456. The van der Waals surface area contributed by atoms with Crippen molar-refractivity contribution in [2.75, 3.05) is 7.05 Å². The van der Waals surface area contributed by atoms with Gasteiger partial charge in [0.15, 0.2) is 5.96 Å². The summed E-state index contributed by atoms with van der Waals surface area (Å²) in [5, 5.41) is 0. The molecule has 1 aromatic heterocycles. The van der Waals surface area contributed by atoms with Crippen LogP contribution in [0.4, 0.5) is 0 Å². The first-order valence-electron chi connectivity index (χ1n) is 7.87. The average molecular weight is 416 g/mol. The van der Waals surface area contributed by atoms with Crippen molar-refractivity contribution in [2.24, 2.45) is 10.7 Å². The molecule has 2 saturated carbocycles. The van der Waals surface area contributed by atoms with Crippen LogP contribution in [0.25, 0.3) is 0 Å². The molecular weight excluding hydrogens is 391 g/mol. The monoisotopic (exact) mass is 416 g/mol. The standard InChI is InChI=1S/C16H24N4O.HI/c1-20(13-7-8-13)16(17)19-11-12-6-9-15(18-10-12)21-14-4-2-3-5-14;/h6,9-10,13-14H,2-5,7-8,11H2,1H3,(H2,17,19);1H. The molecule has 5 nitrogen and oxygen atoms in total. The van der Waals surface area contributed by atoms with E-state index in [0.29, 0.717) is 24.7 Å². The second-order valence-electron chi connectivity index (χ2n) is 6.05. The van der Waals surface area contributed by atoms with Crippen LogP contribution in [0.5, 0.6) is 5.88 Å². The van der Waals surface area contributed by atoms with E-state index in [4.69, 9.17) is 10.5 Å². The Kier molecular flexibility index (Phi) is 6.28. The zero-order valence-corrected chi connectivity index (χ0v) is 15.4. The van der Waals surface area contributed by atoms with Crippen LogP contribution in [-0.4, -0.2) is 35.0 Å². The Bertz CT molecular complexity index is 495. The minimum absolute atomic E-state index is 0. The Morgan fingerprint density at radius 3 is 2.64 bits per heavy atom. The normalized spacial score (nSPS) is 18.9. The topological polar surface area (TPSA) is 63.7 Å². The first kappa shape index (κ1) is 17.3. The van der Waals surface area contributed by atoms with E-state index in [1.54, 1.807) is 0 Å². The van der Waals surface area contributed by atoms with Crippen molar-refractivity contribution in [1.29, 1.82) is 0 Å². The summed E-state index contributed by atoms with van der Waals surface area (Å²) < 4.78 is 5.85. The van der Waals surface area contributed by atoms with Gasteiger partial charge in [0.2, 0.25) is 5.88 Å². The van der Waals surface area contributed by atoms with Crippen LogP contribution in [-0.2, 0) is 6.54 Å². The highest BCUT2D eigenvalue weighted by molar-refractivity contribution is 14.0. The van der Waals surface area contributed by atoms with E-state index < -0.39 is 0 Å². The number of ether oxygens (including phenoxy) is 1. The molecule has 2 N–H and O–H groups in total. The number of guanidine groups is 1. The van der Waals surface area contributed by atoms with Crippen molar-refractivity contribution in [1.82, 2.24) is 9.88 Å². The molecule has 2 aliphatic rings. The first-order chi connectivity index (χ1) is 10.2. The number of hydrogen-bond donors (Lipinski definition) is 1. The van der Waals surface area contributed by atoms with E-state index in [0.717, 1.165) is 24.3 Å². The maximum absolute atomic E-state index is 5.98. The largest absolute Gasteiger partial charge is 0.474 e. The van der Waals surface area contributed by atoms with Gasteiger partial charge in [-0.25, -0.2) is 9.98 Å². The molecule has 1 aromatic rings. The molecule has 22 heavy (non-hydrogen) atoms. The smallest absolute Gasteiger partial charge is 0.213 e. The Labute approximate surface area is 149 Å². The first-order valence-corrected chi connectivity index (χ1v) is 7.87. The molecule has 122 valence electrons. The van der Waals surface area contributed by atoms with Crippen molar-refractivity contribution in [3.63, 3.8) is 0 Å². The van der Waals surface area contributed by atoms with Crippen LogP contribution in [0.15, 0.2) is 23.3 Å². The molecule has 0 radical (unpaired) electrons. The van der Waals surface area contributed by atoms with Crippen molar-refractivity contribution in [2.45, 2.75) is 57.2 Å². The van der Waals surface area contributed by atoms with Gasteiger partial charge in [-0.2, -0.15) is 0 Å². The number of rotatable bonds is 5. The summed E-state index contributed by atoms with van der Waals surface area (Å²) in [6, 6.07) is 4.55. The minimum Gasteiger partial charge on any atom is -0.474 e. The lowest BCUT2D eigenvalue weighted by molar-refractivity contribution is 0.201. The maximum atomic E-state index is 5.98. The van der Waals surface area contributed by atoms with E-state index in [2.05, 4.69) is 14.9 Å². The summed E-state index contributed by atoms with van der Waals surface area (Å²) in [7, 11) is 2.01. The second-order valence-corrected chi connectivity index (χ2v) is 6.05. The van der Waals surface area contributed by atoms with Crippen molar-refractivity contribution in [3.05, 3.63) is 23.9 Å². The lowest BCUT2D eigenvalue weighted by Gasteiger charge is -2.16. The number of aliphatic imine (C=N–C) groups is 1. The van der Waals surface area contributed by atoms with Gasteiger partial charge in [0, 0.05) is 25.4 Å². The molecule has 0 atom stereocenters. The van der Waals surface area contributed by atoms with Crippen LogP contribution in [0.3, 0.4) is 0 Å². The van der Waals surface area contributed by atoms with Gasteiger partial charge in [0.25, 0.3) is 0 Å². The number of aromatic nitrogens is 1. The molecule has 2 aliphatic carbocycles. The van der Waals surface area contributed by atoms with Gasteiger partial charge in [0.05, 0.1) is 6.54 Å². The van der Waals surface area contributed by atoms with E-state index in [1.807, 2.05) is 25.4 Å². The van der Waals surface area contributed by atoms with Crippen LogP contribution >= 0.6 is 24.0 Å². The van der Waals surface area contributed by atoms with Crippen molar-refractivity contribution < 1.29 is 4.74 Å². The molecule has 0 unspecified atom stereocenters. The highest BCUT2D eigenvalue weighted by atomic mass is 127. The third kappa shape index (κ3) is 4.72. The zero-order valence-electron chi connectivity index (χ0n) is 13.1. The third-order valence-electron chi connectivity index (χ3n) is 4.27. The van der Waals surface area contributed by atoms with Crippen LogP contribution in [0, 0.1) is 0 Å². The molecule has 1 heterocycles. The zero-order chi connectivity index (χ0) is 14.7. The summed E-state index contributed by atoms with van der Waals surface area (Å²) in [5.41, 5.74) is 7.03. The van der Waals surface area contributed by atoms with Gasteiger partial charge in [-0.05, 0) is 44.1 Å². The molecule has 0 bridgehead atoms. The van der Waals surface area contributed by atoms with Crippen molar-refractivity contribution in [3.8, 4) is 5.88 Å². The molecule has 0 aromatic carbocycles. The third-order valence-corrected chi connectivity index (χ3v) is 4.27. The molecule has 6 heteroatoms. The van der Waals surface area contributed by atoms with Gasteiger partial charge < -0.3 is 15.4 Å². The molecule has 0 aliphatic heterocycles. The predicted octanol–water partition coefficient (Wildman–Crippen LogP) is 2.93. The fourth-order valence-electron chi connectivity index (χ4n) is 2.68. The van der Waals surface area contributed by atoms with E-state index in [1.165, 1.54) is 25.7 Å². The Morgan fingerprint density at radius 1 is 1.32 bits per heavy atom. The Morgan fingerprint density at radius 2 is 2.05 bits per heavy atom. The van der Waals surface area contributed by atoms with Crippen LogP contribution in [0.1, 0.15) is 44.1 Å². The van der Waals surface area contributed by atoms with Crippen LogP contribution < -0.4 is 10.5 Å². The summed E-state index contributed by atoms with van der Waals surface area (Å²) >= 11 is 0. The van der Waals surface area contributed by atoms with E-state index in [9.17, 15) is 0 Å². The number of pyridine rings is 1. The molecule has 0 spiro atoms. The molecule has 2 fully saturated rings. The highest BCUT2D eigenvalue weighted by Crippen LogP contribution is 2.25. The van der Waals surface area contributed by atoms with Gasteiger partial charge in [-0.15, -0.1) is 24.0 Å². The summed E-state index contributed by atoms with van der Waals surface area (Å²) in [6.45, 7) is 0.569. The fraction of sp³-hybridized carbons (Fsp3) is 0.625. The maximum Gasteiger partial charge on any atom is 0.213 e. The summed E-state index contributed by atoms with van der Waals surface area (Å²) in [6.07, 6.45) is 9.47. The molecule has 3 rings (SSSR count). The van der Waals surface area contributed by atoms with E-state index >= 15 is 0 Å². The summed E-state index contributed by atoms with van der Waals surface area (Å²) in [5.74, 6) is 1.33. The Hall–Kier alpha value is -1.05. The average Bonchev–Trinajstić information content (AvgIpc) is 3.23. The molecule has 0 amide bonds. The Balaban J connectivity index is 0.00000176. The van der Waals surface area contributed by atoms with Gasteiger partial charge in [-0.3, -0.25) is 0 Å². The number of hydrogen-bond acceptors (Lipinski definition) is 3. The fourth-order valence-corrected chi connectivity index (χ4v) is 2.68. The van der Waals surface area contributed by atoms with Gasteiger partial charge in [-0.1, -0.05) is 6.07 Å². The molecule has 0 saturated heterocycles. The van der Waals surface area contributed by atoms with Gasteiger partial charge in [0.1, 0.15) is 6.10 Å².